The average Bonchev–Trinajstić information content (AvgIpc) is 2.13. The molecule has 0 atom stereocenters. The number of benzene rings is 1. The van der Waals surface area contributed by atoms with Gasteiger partial charge in [-0.3, -0.25) is 4.79 Å². The summed E-state index contributed by atoms with van der Waals surface area (Å²) >= 11 is 0. The SMILES string of the molecule is Cc1c(O)ccc(C=CC(N)=O)c1O. The first-order valence-corrected chi connectivity index (χ1v) is 4.01. The van der Waals surface area contributed by atoms with Crippen molar-refractivity contribution in [1.82, 2.24) is 0 Å². The van der Waals surface area contributed by atoms with Crippen molar-refractivity contribution in [1.29, 1.82) is 0 Å². The Bertz CT molecular complexity index is 397. The van der Waals surface area contributed by atoms with E-state index in [0.717, 1.165) is 6.08 Å². The van der Waals surface area contributed by atoms with Crippen LogP contribution in [0.1, 0.15) is 11.1 Å². The zero-order valence-corrected chi connectivity index (χ0v) is 7.69. The van der Waals surface area contributed by atoms with Gasteiger partial charge in [-0.2, -0.15) is 0 Å². The van der Waals surface area contributed by atoms with Crippen molar-refractivity contribution >= 4 is 12.0 Å². The van der Waals surface area contributed by atoms with Crippen molar-refractivity contribution in [2.75, 3.05) is 0 Å². The van der Waals surface area contributed by atoms with Gasteiger partial charge in [-0.25, -0.2) is 0 Å². The van der Waals surface area contributed by atoms with Crippen molar-refractivity contribution in [2.24, 2.45) is 5.73 Å². The number of aromatic hydroxyl groups is 2. The molecular weight excluding hydrogens is 182 g/mol. The number of hydrogen-bond donors (Lipinski definition) is 3. The number of phenolic OH excluding ortho intramolecular Hbond substituents is 2. The van der Waals surface area contributed by atoms with E-state index in [2.05, 4.69) is 0 Å². The molecule has 0 aliphatic carbocycles. The fourth-order valence-corrected chi connectivity index (χ4v) is 1.02. The first-order chi connectivity index (χ1) is 6.52. The molecule has 0 fully saturated rings. The molecule has 0 saturated carbocycles. The number of carbonyl (C=O) groups excluding carboxylic acids is 1. The molecule has 4 heteroatoms. The van der Waals surface area contributed by atoms with Crippen LogP contribution in [0.3, 0.4) is 0 Å². The molecule has 4 N–H and O–H groups in total. The number of hydrogen-bond acceptors (Lipinski definition) is 3. The second-order valence-corrected chi connectivity index (χ2v) is 2.88. The maximum Gasteiger partial charge on any atom is 0.241 e. The minimum absolute atomic E-state index is 0.0127. The van der Waals surface area contributed by atoms with E-state index in [-0.39, 0.29) is 11.5 Å². The number of nitrogens with two attached hydrogens (primary N) is 1. The number of rotatable bonds is 2. The smallest absolute Gasteiger partial charge is 0.241 e. The molecule has 1 aromatic rings. The Labute approximate surface area is 81.3 Å². The highest BCUT2D eigenvalue weighted by Gasteiger charge is 2.05. The summed E-state index contributed by atoms with van der Waals surface area (Å²) in [5, 5.41) is 18.8. The van der Waals surface area contributed by atoms with Crippen LogP contribution in [0.5, 0.6) is 11.5 Å². The third kappa shape index (κ3) is 2.04. The quantitative estimate of drug-likeness (QED) is 0.610. The van der Waals surface area contributed by atoms with Gasteiger partial charge in [0.1, 0.15) is 11.5 Å². The molecule has 1 rings (SSSR count). The van der Waals surface area contributed by atoms with Crippen LogP contribution in [0.2, 0.25) is 0 Å². The van der Waals surface area contributed by atoms with Crippen LogP contribution in [0.15, 0.2) is 18.2 Å². The molecule has 0 aromatic heterocycles. The molecule has 0 heterocycles. The lowest BCUT2D eigenvalue weighted by Gasteiger charge is -2.04. The maximum absolute atomic E-state index is 10.4. The van der Waals surface area contributed by atoms with Gasteiger partial charge >= 0.3 is 0 Å². The third-order valence-corrected chi connectivity index (χ3v) is 1.86. The van der Waals surface area contributed by atoms with Crippen molar-refractivity contribution < 1.29 is 15.0 Å². The standard InChI is InChI=1S/C10H11NO3/c1-6-8(12)4-2-7(10(6)14)3-5-9(11)13/h2-5,12,14H,1H3,(H2,11,13). The number of amides is 1. The Morgan fingerprint density at radius 1 is 1.43 bits per heavy atom. The molecule has 0 bridgehead atoms. The first-order valence-electron chi connectivity index (χ1n) is 4.01. The van der Waals surface area contributed by atoms with E-state index in [0.29, 0.717) is 11.1 Å². The Morgan fingerprint density at radius 3 is 2.64 bits per heavy atom. The fraction of sp³-hybridized carbons (Fsp3) is 0.100. The Kier molecular flexibility index (Phi) is 2.76. The van der Waals surface area contributed by atoms with Gasteiger partial charge in [0.05, 0.1) is 0 Å². The molecule has 1 aromatic carbocycles. The molecule has 0 aliphatic heterocycles. The van der Waals surface area contributed by atoms with Gasteiger partial charge in [0.2, 0.25) is 5.91 Å². The van der Waals surface area contributed by atoms with Crippen LogP contribution >= 0.6 is 0 Å². The van der Waals surface area contributed by atoms with Crippen LogP contribution in [0, 0.1) is 6.92 Å². The summed E-state index contributed by atoms with van der Waals surface area (Å²) < 4.78 is 0. The summed E-state index contributed by atoms with van der Waals surface area (Å²) in [6.45, 7) is 1.58. The summed E-state index contributed by atoms with van der Waals surface area (Å²) in [7, 11) is 0. The van der Waals surface area contributed by atoms with Gasteiger partial charge in [0.25, 0.3) is 0 Å². The highest BCUT2D eigenvalue weighted by molar-refractivity contribution is 5.90. The van der Waals surface area contributed by atoms with Gasteiger partial charge in [-0.1, -0.05) is 0 Å². The van der Waals surface area contributed by atoms with Crippen LogP contribution in [-0.2, 0) is 4.79 Å². The summed E-state index contributed by atoms with van der Waals surface area (Å²) in [6.07, 6.45) is 2.54. The Morgan fingerprint density at radius 2 is 2.07 bits per heavy atom. The number of primary amides is 1. The van der Waals surface area contributed by atoms with E-state index in [1.807, 2.05) is 0 Å². The minimum atomic E-state index is -0.588. The van der Waals surface area contributed by atoms with E-state index >= 15 is 0 Å². The lowest BCUT2D eigenvalue weighted by atomic mass is 10.1. The van der Waals surface area contributed by atoms with E-state index in [4.69, 9.17) is 5.73 Å². The molecule has 0 aliphatic rings. The Hall–Kier alpha value is -1.97. The second-order valence-electron chi connectivity index (χ2n) is 2.88. The monoisotopic (exact) mass is 193 g/mol. The van der Waals surface area contributed by atoms with Crippen LogP contribution in [0.4, 0.5) is 0 Å². The summed E-state index contributed by atoms with van der Waals surface area (Å²) in [4.78, 5) is 10.4. The Balaban J connectivity index is 3.12. The molecule has 0 unspecified atom stereocenters. The molecule has 74 valence electrons. The van der Waals surface area contributed by atoms with Crippen LogP contribution in [0.25, 0.3) is 6.08 Å². The summed E-state index contributed by atoms with van der Waals surface area (Å²) in [5.41, 5.74) is 5.72. The van der Waals surface area contributed by atoms with Crippen molar-refractivity contribution in [3.05, 3.63) is 29.3 Å². The summed E-state index contributed by atoms with van der Waals surface area (Å²) in [6, 6.07) is 2.94. The molecule has 14 heavy (non-hydrogen) atoms. The van der Waals surface area contributed by atoms with E-state index in [9.17, 15) is 15.0 Å². The molecule has 0 saturated heterocycles. The van der Waals surface area contributed by atoms with E-state index in [1.165, 1.54) is 18.2 Å². The average molecular weight is 193 g/mol. The van der Waals surface area contributed by atoms with Gasteiger partial charge in [0.15, 0.2) is 0 Å². The number of carbonyl (C=O) groups is 1. The normalized spacial score (nSPS) is 10.6. The van der Waals surface area contributed by atoms with Crippen LogP contribution in [-0.4, -0.2) is 16.1 Å². The predicted molar refractivity (Wildman–Crippen MR) is 52.7 cm³/mol. The topological polar surface area (TPSA) is 83.5 Å². The van der Waals surface area contributed by atoms with Gasteiger partial charge in [-0.15, -0.1) is 0 Å². The second kappa shape index (κ2) is 3.83. The molecule has 4 nitrogen and oxygen atoms in total. The van der Waals surface area contributed by atoms with Gasteiger partial charge < -0.3 is 15.9 Å². The largest absolute Gasteiger partial charge is 0.508 e. The third-order valence-electron chi connectivity index (χ3n) is 1.86. The molecule has 0 radical (unpaired) electrons. The first kappa shape index (κ1) is 10.1. The highest BCUT2D eigenvalue weighted by Crippen LogP contribution is 2.29. The lowest BCUT2D eigenvalue weighted by molar-refractivity contribution is -0.113. The van der Waals surface area contributed by atoms with E-state index < -0.39 is 5.91 Å². The molecule has 0 spiro atoms. The molecular formula is C10H11NO3. The predicted octanol–water partition coefficient (Wildman–Crippen LogP) is 0.905. The number of phenols is 2. The van der Waals surface area contributed by atoms with Crippen molar-refractivity contribution in [3.63, 3.8) is 0 Å². The van der Waals surface area contributed by atoms with Crippen molar-refractivity contribution in [2.45, 2.75) is 6.92 Å². The minimum Gasteiger partial charge on any atom is -0.508 e. The van der Waals surface area contributed by atoms with Crippen molar-refractivity contribution in [3.8, 4) is 11.5 Å². The van der Waals surface area contributed by atoms with E-state index in [1.54, 1.807) is 6.92 Å². The zero-order valence-electron chi connectivity index (χ0n) is 7.69. The van der Waals surface area contributed by atoms with Gasteiger partial charge in [0, 0.05) is 17.2 Å². The summed E-state index contributed by atoms with van der Waals surface area (Å²) in [5.74, 6) is -0.628. The maximum atomic E-state index is 10.4. The fourth-order valence-electron chi connectivity index (χ4n) is 1.02. The zero-order chi connectivity index (χ0) is 10.7. The van der Waals surface area contributed by atoms with Gasteiger partial charge in [-0.05, 0) is 25.1 Å². The lowest BCUT2D eigenvalue weighted by Crippen LogP contribution is -2.05. The van der Waals surface area contributed by atoms with Crippen LogP contribution < -0.4 is 5.73 Å². The molecule has 1 amide bonds. The highest BCUT2D eigenvalue weighted by atomic mass is 16.3.